The molecule has 5 atom stereocenters. The number of phosphoric ester groups is 2. The Bertz CT molecular complexity index is 1630. The first-order valence-corrected chi connectivity index (χ1v) is 35.8. The highest BCUT2D eigenvalue weighted by Gasteiger charge is 2.30. The number of hydrogen-bond acceptors (Lipinski definition) is 15. The lowest BCUT2D eigenvalue weighted by Crippen LogP contribution is -2.30. The van der Waals surface area contributed by atoms with Crippen LogP contribution in [0.2, 0.25) is 0 Å². The van der Waals surface area contributed by atoms with Gasteiger partial charge < -0.3 is 33.8 Å². The second-order valence-corrected chi connectivity index (χ2v) is 27.1. The number of carbonyl (C=O) groups is 4. The van der Waals surface area contributed by atoms with Crippen LogP contribution in [0.3, 0.4) is 0 Å². The second-order valence-electron chi connectivity index (χ2n) is 24.2. The van der Waals surface area contributed by atoms with Crippen LogP contribution >= 0.6 is 15.6 Å². The van der Waals surface area contributed by atoms with Gasteiger partial charge in [-0.2, -0.15) is 0 Å². The molecule has 0 heterocycles. The van der Waals surface area contributed by atoms with E-state index in [4.69, 9.17) is 37.0 Å². The largest absolute Gasteiger partial charge is 0.472 e. The van der Waals surface area contributed by atoms with Gasteiger partial charge in [0.1, 0.15) is 19.3 Å². The van der Waals surface area contributed by atoms with Crippen molar-refractivity contribution in [3.8, 4) is 0 Å². The number of rotatable bonds is 61. The van der Waals surface area contributed by atoms with Crippen molar-refractivity contribution >= 4 is 39.5 Å². The van der Waals surface area contributed by atoms with Gasteiger partial charge in [0.25, 0.3) is 0 Å². The van der Waals surface area contributed by atoms with E-state index in [9.17, 15) is 43.2 Å². The molecular weight excluding hydrogens is 1090 g/mol. The Hall–Kier alpha value is -1.94. The number of unbranched alkanes of at least 4 members (excludes halogenated alkanes) is 29. The summed E-state index contributed by atoms with van der Waals surface area (Å²) >= 11 is 0. The van der Waals surface area contributed by atoms with Crippen LogP contribution < -0.4 is 0 Å². The third-order valence-electron chi connectivity index (χ3n) is 14.4. The molecule has 17 nitrogen and oxygen atoms in total. The molecule has 0 saturated carbocycles. The van der Waals surface area contributed by atoms with Crippen molar-refractivity contribution in [2.24, 2.45) is 17.8 Å². The number of aliphatic hydroxyl groups is 1. The van der Waals surface area contributed by atoms with Crippen molar-refractivity contribution < 1.29 is 80.2 Å². The molecule has 0 rings (SSSR count). The molecule has 3 N–H and O–H groups in total. The predicted molar refractivity (Wildman–Crippen MR) is 326 cm³/mol. The van der Waals surface area contributed by atoms with E-state index in [1.807, 2.05) is 0 Å². The molecule has 19 heteroatoms. The quantitative estimate of drug-likeness (QED) is 0.0222. The summed E-state index contributed by atoms with van der Waals surface area (Å²) in [5.74, 6) is 0.0807. The maximum atomic E-state index is 13.0. The summed E-state index contributed by atoms with van der Waals surface area (Å²) in [6, 6.07) is 0. The standard InChI is InChI=1S/C63H122O17P2/c1-8-9-10-27-37-44-60(65)73-50-58(79-63(68)47-40-33-26-20-19-23-30-36-43-56(6)7)52-77-81(69,70)75-48-57(64)49-76-82(71,72)78-53-59(80-62(67)46-39-32-25-18-14-12-16-22-29-35-42-55(4)5)51-74-61(66)45-38-31-24-17-13-11-15-21-28-34-41-54(2)3/h54-59,64H,8-53H2,1-7H3,(H,69,70)(H,71,72)/t57-,58+,59+/m0/s1. The van der Waals surface area contributed by atoms with E-state index in [-0.39, 0.29) is 25.7 Å². The normalized spacial score (nSPS) is 14.4. The minimum absolute atomic E-state index is 0.103. The van der Waals surface area contributed by atoms with Crippen molar-refractivity contribution in [3.63, 3.8) is 0 Å². The summed E-state index contributed by atoms with van der Waals surface area (Å²) in [7, 11) is -9.88. The minimum atomic E-state index is -4.94. The molecule has 0 aromatic rings. The van der Waals surface area contributed by atoms with Crippen molar-refractivity contribution in [2.45, 2.75) is 324 Å². The van der Waals surface area contributed by atoms with Crippen LogP contribution in [0.4, 0.5) is 0 Å². The molecule has 0 aromatic heterocycles. The topological polar surface area (TPSA) is 237 Å². The first-order chi connectivity index (χ1) is 39.2. The number of ether oxygens (including phenoxy) is 4. The van der Waals surface area contributed by atoms with Gasteiger partial charge in [0.05, 0.1) is 26.4 Å². The summed E-state index contributed by atoms with van der Waals surface area (Å²) in [5.41, 5.74) is 0. The van der Waals surface area contributed by atoms with E-state index in [2.05, 4.69) is 48.5 Å². The summed E-state index contributed by atoms with van der Waals surface area (Å²) in [6.45, 7) is 11.6. The van der Waals surface area contributed by atoms with Crippen molar-refractivity contribution in [3.05, 3.63) is 0 Å². The van der Waals surface area contributed by atoms with E-state index in [0.717, 1.165) is 114 Å². The lowest BCUT2D eigenvalue weighted by molar-refractivity contribution is -0.161. The summed E-state index contributed by atoms with van der Waals surface area (Å²) < 4.78 is 67.8. The van der Waals surface area contributed by atoms with Gasteiger partial charge in [-0.05, 0) is 43.4 Å². The second kappa shape index (κ2) is 54.5. The highest BCUT2D eigenvalue weighted by molar-refractivity contribution is 7.47. The lowest BCUT2D eigenvalue weighted by atomic mass is 10.0. The summed E-state index contributed by atoms with van der Waals surface area (Å²) in [5, 5.41) is 10.5. The molecule has 0 spiro atoms. The average Bonchev–Trinajstić information content (AvgIpc) is 3.45. The first kappa shape index (κ1) is 80.1. The fourth-order valence-corrected chi connectivity index (χ4v) is 10.9. The van der Waals surface area contributed by atoms with Gasteiger partial charge in [-0.3, -0.25) is 37.3 Å². The van der Waals surface area contributed by atoms with Gasteiger partial charge >= 0.3 is 39.5 Å². The zero-order valence-corrected chi connectivity index (χ0v) is 54.7. The average molecular weight is 1210 g/mol. The van der Waals surface area contributed by atoms with Crippen molar-refractivity contribution in [1.82, 2.24) is 0 Å². The van der Waals surface area contributed by atoms with Gasteiger partial charge in [0, 0.05) is 25.7 Å². The van der Waals surface area contributed by atoms with E-state index in [0.29, 0.717) is 25.7 Å². The predicted octanol–water partition coefficient (Wildman–Crippen LogP) is 17.1. The Labute approximate surface area is 498 Å². The van der Waals surface area contributed by atoms with E-state index in [1.165, 1.54) is 109 Å². The molecule has 0 bridgehead atoms. The van der Waals surface area contributed by atoms with Crippen molar-refractivity contribution in [1.29, 1.82) is 0 Å². The van der Waals surface area contributed by atoms with Gasteiger partial charge in [0.2, 0.25) is 0 Å². The maximum Gasteiger partial charge on any atom is 0.472 e. The zero-order valence-electron chi connectivity index (χ0n) is 52.9. The Morgan fingerprint density at radius 2 is 0.561 bits per heavy atom. The Morgan fingerprint density at radius 3 is 0.829 bits per heavy atom. The van der Waals surface area contributed by atoms with Crippen molar-refractivity contribution in [2.75, 3.05) is 39.6 Å². The highest BCUT2D eigenvalue weighted by Crippen LogP contribution is 2.45. The molecule has 82 heavy (non-hydrogen) atoms. The summed E-state index contributed by atoms with van der Waals surface area (Å²) in [4.78, 5) is 71.9. The third kappa shape index (κ3) is 57.2. The van der Waals surface area contributed by atoms with Gasteiger partial charge in [-0.1, -0.05) is 254 Å². The third-order valence-corrected chi connectivity index (χ3v) is 16.3. The maximum absolute atomic E-state index is 13.0. The molecule has 0 aliphatic rings. The molecule has 0 saturated heterocycles. The smallest absolute Gasteiger partial charge is 0.462 e. The van der Waals surface area contributed by atoms with Gasteiger partial charge in [-0.15, -0.1) is 0 Å². The molecule has 2 unspecified atom stereocenters. The summed E-state index contributed by atoms with van der Waals surface area (Å²) in [6.07, 6.45) is 35.2. The first-order valence-electron chi connectivity index (χ1n) is 32.8. The monoisotopic (exact) mass is 1210 g/mol. The highest BCUT2D eigenvalue weighted by atomic mass is 31.2. The molecule has 0 fully saturated rings. The van der Waals surface area contributed by atoms with Gasteiger partial charge in [0.15, 0.2) is 12.2 Å². The Balaban J connectivity index is 5.19. The number of phosphoric acid groups is 2. The molecule has 0 aliphatic heterocycles. The number of carbonyl (C=O) groups excluding carboxylic acids is 4. The Morgan fingerprint density at radius 1 is 0.329 bits per heavy atom. The fraction of sp³-hybridized carbons (Fsp3) is 0.937. The van der Waals surface area contributed by atoms with E-state index < -0.39 is 97.5 Å². The number of hydrogen-bond donors (Lipinski definition) is 3. The molecule has 0 aromatic carbocycles. The molecule has 0 amide bonds. The Kier molecular flexibility index (Phi) is 53.2. The van der Waals surface area contributed by atoms with Crippen LogP contribution in [0.5, 0.6) is 0 Å². The minimum Gasteiger partial charge on any atom is -0.462 e. The van der Waals surface area contributed by atoms with E-state index in [1.54, 1.807) is 0 Å². The van der Waals surface area contributed by atoms with Crippen LogP contribution in [-0.2, 0) is 65.4 Å². The van der Waals surface area contributed by atoms with Crippen LogP contribution in [-0.4, -0.2) is 96.7 Å². The lowest BCUT2D eigenvalue weighted by Gasteiger charge is -2.21. The SMILES string of the molecule is CCCCCCCC(=O)OC[C@H](COP(=O)(O)OC[C@H](O)COP(=O)(O)OC[C@@H](COC(=O)CCCCCCCCCCCCC(C)C)OC(=O)CCCCCCCCCCCCC(C)C)OC(=O)CCCCCCCCCCC(C)C. The number of esters is 4. The number of aliphatic hydroxyl groups excluding tert-OH is 1. The molecule has 0 radical (unpaired) electrons. The zero-order chi connectivity index (χ0) is 61.0. The molecular formula is C63H122O17P2. The van der Waals surface area contributed by atoms with Gasteiger partial charge in [-0.25, -0.2) is 9.13 Å². The van der Waals surface area contributed by atoms with Crippen LogP contribution in [0.1, 0.15) is 305 Å². The molecule has 486 valence electrons. The fourth-order valence-electron chi connectivity index (χ4n) is 9.30. The van der Waals surface area contributed by atoms with Crippen LogP contribution in [0.15, 0.2) is 0 Å². The molecule has 0 aliphatic carbocycles. The van der Waals surface area contributed by atoms with Crippen LogP contribution in [0, 0.1) is 17.8 Å². The van der Waals surface area contributed by atoms with E-state index >= 15 is 0 Å². The van der Waals surface area contributed by atoms with Crippen LogP contribution in [0.25, 0.3) is 0 Å².